The van der Waals surface area contributed by atoms with Crippen molar-refractivity contribution in [1.29, 1.82) is 0 Å². The number of ether oxygens (including phenoxy) is 1. The number of hydrogen-bond donors (Lipinski definition) is 1. The van der Waals surface area contributed by atoms with E-state index in [0.717, 1.165) is 11.1 Å². The van der Waals surface area contributed by atoms with E-state index in [2.05, 4.69) is 9.46 Å². The van der Waals surface area contributed by atoms with Crippen LogP contribution in [0.4, 0.5) is 0 Å². The van der Waals surface area contributed by atoms with E-state index in [4.69, 9.17) is 0 Å². The van der Waals surface area contributed by atoms with Crippen LogP contribution in [0.3, 0.4) is 0 Å². The number of rotatable bonds is 8. The molecule has 0 spiro atoms. The molecule has 0 aromatic heterocycles. The lowest BCUT2D eigenvalue weighted by molar-refractivity contribution is -0.143. The van der Waals surface area contributed by atoms with E-state index in [1.807, 2.05) is 49.4 Å². The number of aryl methyl sites for hydroxylation is 1. The molecule has 0 amide bonds. The third-order valence-corrected chi connectivity index (χ3v) is 4.89. The van der Waals surface area contributed by atoms with Gasteiger partial charge in [-0.25, -0.2) is 8.93 Å². The van der Waals surface area contributed by atoms with E-state index in [-0.39, 0.29) is 18.6 Å². The van der Waals surface area contributed by atoms with Gasteiger partial charge < -0.3 is 4.74 Å². The van der Waals surface area contributed by atoms with Crippen LogP contribution in [-0.4, -0.2) is 23.1 Å². The molecule has 0 aliphatic carbocycles. The maximum absolute atomic E-state index is 12.6. The van der Waals surface area contributed by atoms with Crippen molar-refractivity contribution in [2.24, 2.45) is 0 Å². The molecule has 0 fully saturated rings. The molecule has 2 rings (SSSR count). The Morgan fingerprint density at radius 2 is 1.72 bits per heavy atom. The van der Waals surface area contributed by atoms with Crippen LogP contribution in [0.25, 0.3) is 0 Å². The quantitative estimate of drug-likeness (QED) is 0.581. The van der Waals surface area contributed by atoms with Crippen molar-refractivity contribution >= 4 is 22.7 Å². The van der Waals surface area contributed by atoms with Crippen LogP contribution in [0.1, 0.15) is 30.0 Å². The summed E-state index contributed by atoms with van der Waals surface area (Å²) in [6, 6.07) is 16.2. The molecule has 25 heavy (non-hydrogen) atoms. The lowest BCUT2D eigenvalue weighted by atomic mass is 10.0. The molecule has 0 aliphatic rings. The number of benzene rings is 2. The summed E-state index contributed by atoms with van der Waals surface area (Å²) in [4.78, 5) is 24.0. The summed E-state index contributed by atoms with van der Waals surface area (Å²) in [6.07, 6.45) is -0.241. The van der Waals surface area contributed by atoms with Crippen molar-refractivity contribution in [2.45, 2.75) is 30.7 Å². The zero-order chi connectivity index (χ0) is 18.2. The highest BCUT2D eigenvalue weighted by Crippen LogP contribution is 2.20. The van der Waals surface area contributed by atoms with Crippen LogP contribution in [0.15, 0.2) is 59.5 Å². The molecule has 1 N–H and O–H groups in total. The molecule has 0 saturated heterocycles. The molecule has 6 heteroatoms. The Labute approximate surface area is 150 Å². The first-order chi connectivity index (χ1) is 12.0. The van der Waals surface area contributed by atoms with E-state index < -0.39 is 23.0 Å². The average molecular weight is 359 g/mol. The molecule has 0 aliphatic heterocycles. The van der Waals surface area contributed by atoms with E-state index in [0.29, 0.717) is 4.90 Å². The second-order valence-corrected chi connectivity index (χ2v) is 6.90. The summed E-state index contributed by atoms with van der Waals surface area (Å²) >= 11 is 0. The van der Waals surface area contributed by atoms with Crippen LogP contribution in [0, 0.1) is 6.92 Å². The van der Waals surface area contributed by atoms with Crippen molar-refractivity contribution in [1.82, 2.24) is 4.72 Å². The molecular weight excluding hydrogens is 338 g/mol. The van der Waals surface area contributed by atoms with Gasteiger partial charge in [0.05, 0.1) is 18.0 Å². The Balaban J connectivity index is 2.14. The molecule has 0 bridgehead atoms. The first-order valence-electron chi connectivity index (χ1n) is 7.87. The predicted octanol–water partition coefficient (Wildman–Crippen LogP) is 2.87. The second-order valence-electron chi connectivity index (χ2n) is 5.66. The molecule has 2 aromatic rings. The topological polar surface area (TPSA) is 72.5 Å². The smallest absolute Gasteiger partial charge is 0.313 e. The lowest BCUT2D eigenvalue weighted by Crippen LogP contribution is -2.26. The molecule has 0 saturated carbocycles. The molecular formula is C19H21NO4S. The third-order valence-electron chi connectivity index (χ3n) is 3.69. The molecule has 0 radical (unpaired) electrons. The van der Waals surface area contributed by atoms with Gasteiger partial charge in [-0.2, -0.15) is 0 Å². The number of carbonyl (C=O) groups is 2. The fourth-order valence-electron chi connectivity index (χ4n) is 2.31. The van der Waals surface area contributed by atoms with Gasteiger partial charge in [0.2, 0.25) is 0 Å². The van der Waals surface area contributed by atoms with Crippen LogP contribution in [0.2, 0.25) is 0 Å². The first-order valence-corrected chi connectivity index (χ1v) is 9.02. The largest absolute Gasteiger partial charge is 0.469 e. The molecule has 2 atom stereocenters. The van der Waals surface area contributed by atoms with Crippen LogP contribution in [-0.2, 0) is 25.3 Å². The van der Waals surface area contributed by atoms with Gasteiger partial charge in [0.15, 0.2) is 0 Å². The van der Waals surface area contributed by atoms with Gasteiger partial charge >= 0.3 is 5.97 Å². The van der Waals surface area contributed by atoms with Gasteiger partial charge in [-0.1, -0.05) is 48.0 Å². The van der Waals surface area contributed by atoms with Gasteiger partial charge in [0, 0.05) is 6.42 Å². The predicted molar refractivity (Wildman–Crippen MR) is 96.2 cm³/mol. The van der Waals surface area contributed by atoms with Gasteiger partial charge in [0.1, 0.15) is 23.2 Å². The van der Waals surface area contributed by atoms with Gasteiger partial charge in [0.25, 0.3) is 0 Å². The van der Waals surface area contributed by atoms with Crippen molar-refractivity contribution in [3.8, 4) is 0 Å². The Bertz CT molecular complexity index is 744. The summed E-state index contributed by atoms with van der Waals surface area (Å²) in [7, 11) is -0.227. The minimum atomic E-state index is -1.47. The molecule has 5 nitrogen and oxygen atoms in total. The number of carbonyl (C=O) groups excluding carboxylic acids is 2. The number of methoxy groups -OCH3 is 1. The van der Waals surface area contributed by atoms with E-state index >= 15 is 0 Å². The zero-order valence-corrected chi connectivity index (χ0v) is 15.0. The maximum Gasteiger partial charge on any atom is 0.313 e. The zero-order valence-electron chi connectivity index (χ0n) is 14.2. The lowest BCUT2D eigenvalue weighted by Gasteiger charge is -2.18. The van der Waals surface area contributed by atoms with Gasteiger partial charge in [-0.15, -0.1) is 0 Å². The highest BCUT2D eigenvalue weighted by atomic mass is 32.2. The van der Waals surface area contributed by atoms with Crippen LogP contribution < -0.4 is 4.72 Å². The van der Waals surface area contributed by atoms with Crippen molar-refractivity contribution < 1.29 is 18.5 Å². The maximum atomic E-state index is 12.6. The van der Waals surface area contributed by atoms with Crippen molar-refractivity contribution in [3.63, 3.8) is 0 Å². The summed E-state index contributed by atoms with van der Waals surface area (Å²) in [6.45, 7) is 1.96. The monoisotopic (exact) mass is 359 g/mol. The Morgan fingerprint density at radius 3 is 2.32 bits per heavy atom. The summed E-state index contributed by atoms with van der Waals surface area (Å²) in [5, 5.41) is 0. The fraction of sp³-hybridized carbons (Fsp3) is 0.263. The summed E-state index contributed by atoms with van der Waals surface area (Å²) in [5.74, 6) is -0.842. The minimum absolute atomic E-state index is 0.0523. The minimum Gasteiger partial charge on any atom is -0.469 e. The Kier molecular flexibility index (Phi) is 7.03. The normalized spacial score (nSPS) is 13.0. The summed E-state index contributed by atoms with van der Waals surface area (Å²) in [5.41, 5.74) is 1.91. The van der Waals surface area contributed by atoms with Gasteiger partial charge in [-0.05, 0) is 24.6 Å². The third kappa shape index (κ3) is 5.92. The number of ketones is 1. The standard InChI is InChI=1S/C19H21NO4S/c1-14-8-10-17(11-9-14)25(23)20-18(15-6-4-3-5-7-15)12-16(21)13-19(22)24-2/h3-11,18,20H,12-13H2,1-2H3/t18-,25?/m0/s1. The van der Waals surface area contributed by atoms with Crippen molar-refractivity contribution in [2.75, 3.05) is 7.11 Å². The highest BCUT2D eigenvalue weighted by molar-refractivity contribution is 7.83. The average Bonchev–Trinajstić information content (AvgIpc) is 2.62. The number of esters is 1. The highest BCUT2D eigenvalue weighted by Gasteiger charge is 2.20. The number of nitrogens with one attached hydrogen (secondary N) is 1. The molecule has 1 unspecified atom stereocenters. The molecule has 0 heterocycles. The van der Waals surface area contributed by atoms with Crippen molar-refractivity contribution in [3.05, 3.63) is 65.7 Å². The Morgan fingerprint density at radius 1 is 1.08 bits per heavy atom. The second kappa shape index (κ2) is 9.25. The number of Topliss-reactive ketones (excluding diaryl/α,β-unsaturated/α-hetero) is 1. The van der Waals surface area contributed by atoms with Gasteiger partial charge in [-0.3, -0.25) is 9.59 Å². The van der Waals surface area contributed by atoms with E-state index in [1.165, 1.54) is 7.11 Å². The van der Waals surface area contributed by atoms with E-state index in [9.17, 15) is 13.8 Å². The Hall–Kier alpha value is -2.31. The molecule has 132 valence electrons. The number of hydrogen-bond acceptors (Lipinski definition) is 4. The molecule has 2 aromatic carbocycles. The van der Waals surface area contributed by atoms with Crippen LogP contribution in [0.5, 0.6) is 0 Å². The first kappa shape index (κ1) is 19.0. The summed E-state index contributed by atoms with van der Waals surface area (Å²) < 4.78 is 20.1. The SMILES string of the molecule is COC(=O)CC(=O)C[C@H](NS(=O)c1ccc(C)cc1)c1ccccc1. The fourth-order valence-corrected chi connectivity index (χ4v) is 3.30. The van der Waals surface area contributed by atoms with Crippen LogP contribution >= 0.6 is 0 Å². The van der Waals surface area contributed by atoms with E-state index in [1.54, 1.807) is 12.1 Å².